The maximum atomic E-state index is 2.70. The van der Waals surface area contributed by atoms with Gasteiger partial charge in [-0.25, -0.2) is 0 Å². The minimum Gasteiger partial charge on any atom is -0.305 e. The van der Waals surface area contributed by atoms with Crippen molar-refractivity contribution in [1.82, 2.24) is 19.6 Å². The quantitative estimate of drug-likeness (QED) is 0.147. The minimum atomic E-state index is 0.825. The number of rotatable bonds is 21. The maximum Gasteiger partial charge on any atom is 0.0110 e. The normalized spacial score (nSPS) is 10.8. The molecule has 0 bridgehead atoms. The van der Waals surface area contributed by atoms with E-state index in [1.807, 2.05) is 41.5 Å². The molecule has 0 atom stereocenters. The predicted octanol–water partition coefficient (Wildman–Crippen LogP) is 7.98. The number of hydrogen-bond donors (Lipinski definition) is 0. The molecule has 0 aromatic rings. The summed E-state index contributed by atoms with van der Waals surface area (Å²) < 4.78 is 0. The molecule has 0 aromatic heterocycles. The molecule has 0 fully saturated rings. The van der Waals surface area contributed by atoms with E-state index in [0.29, 0.717) is 0 Å². The van der Waals surface area contributed by atoms with Crippen LogP contribution in [0.2, 0.25) is 0 Å². The van der Waals surface area contributed by atoms with Gasteiger partial charge in [-0.05, 0) is 72.4 Å². The fourth-order valence-electron chi connectivity index (χ4n) is 3.64. The number of nitrogens with zero attached hydrogens (tertiary/aromatic N) is 4. The first-order chi connectivity index (χ1) is 16.9. The van der Waals surface area contributed by atoms with Crippen LogP contribution in [0.25, 0.3) is 0 Å². The Kier molecular flexibility index (Phi) is 43.1. The van der Waals surface area contributed by atoms with Crippen molar-refractivity contribution >= 4 is 0 Å². The van der Waals surface area contributed by atoms with Crippen molar-refractivity contribution in [2.45, 2.75) is 121 Å². The van der Waals surface area contributed by atoms with Gasteiger partial charge in [0.1, 0.15) is 0 Å². The lowest BCUT2D eigenvalue weighted by atomic mass is 10.1. The van der Waals surface area contributed by atoms with Crippen molar-refractivity contribution in [3.63, 3.8) is 0 Å². The van der Waals surface area contributed by atoms with Gasteiger partial charge in [0.2, 0.25) is 0 Å². The predicted molar refractivity (Wildman–Crippen MR) is 166 cm³/mol. The lowest BCUT2D eigenvalue weighted by molar-refractivity contribution is 0.176. The second-order valence-electron chi connectivity index (χ2n) is 9.70. The summed E-state index contributed by atoms with van der Waals surface area (Å²) in [4.78, 5) is 10.3. The van der Waals surface area contributed by atoms with Crippen LogP contribution in [0.4, 0.5) is 0 Å². The molecule has 0 radical (unpaired) electrons. The summed E-state index contributed by atoms with van der Waals surface area (Å²) in [5.41, 5.74) is 0. The molecule has 0 aliphatic heterocycles. The van der Waals surface area contributed by atoms with Crippen molar-refractivity contribution in [3.8, 4) is 0 Å². The van der Waals surface area contributed by atoms with E-state index in [0.717, 1.165) is 5.92 Å². The number of unbranched alkanes of at least 4 members (excludes halogenated alkanes) is 4. The summed E-state index contributed by atoms with van der Waals surface area (Å²) in [5, 5.41) is 0. The third-order valence-corrected chi connectivity index (χ3v) is 6.00. The molecule has 4 nitrogen and oxygen atoms in total. The average molecular weight is 503 g/mol. The van der Waals surface area contributed by atoms with Gasteiger partial charge in [0.05, 0.1) is 0 Å². The molecular formula is C31H74N4. The van der Waals surface area contributed by atoms with E-state index >= 15 is 0 Å². The molecule has 0 aliphatic carbocycles. The maximum absolute atomic E-state index is 2.70. The van der Waals surface area contributed by atoms with E-state index in [9.17, 15) is 0 Å². The van der Waals surface area contributed by atoms with Crippen LogP contribution >= 0.6 is 0 Å². The number of likely N-dealkylation sites (N-methyl/N-ethyl adjacent to an activating group) is 3. The third kappa shape index (κ3) is 36.1. The lowest BCUT2D eigenvalue weighted by Gasteiger charge is -2.29. The molecule has 218 valence electrons. The standard InChI is InChI=1S/C25H56N4.3C2H6/c1-8-10-12-16-26(5)19-22-29(23-20-27(6)17-13-11-9-2)24-21-28(7)18-14-15-25(3)4;3*1-2/h25H,8-24H2,1-7H3;3*1-2H3. The van der Waals surface area contributed by atoms with E-state index in [4.69, 9.17) is 0 Å². The first-order valence-electron chi connectivity index (χ1n) is 15.7. The molecule has 0 aliphatic rings. The zero-order chi connectivity index (χ0) is 27.9. The van der Waals surface area contributed by atoms with Gasteiger partial charge in [-0.3, -0.25) is 4.90 Å². The fraction of sp³-hybridized carbons (Fsp3) is 1.00. The topological polar surface area (TPSA) is 13.0 Å². The van der Waals surface area contributed by atoms with Gasteiger partial charge in [0.25, 0.3) is 0 Å². The highest BCUT2D eigenvalue weighted by atomic mass is 15.2. The minimum absolute atomic E-state index is 0.825. The Bertz CT molecular complexity index is 316. The van der Waals surface area contributed by atoms with Crippen LogP contribution in [0.15, 0.2) is 0 Å². The summed E-state index contributed by atoms with van der Waals surface area (Å²) in [6.45, 7) is 32.1. The zero-order valence-electron chi connectivity index (χ0n) is 27.4. The summed E-state index contributed by atoms with van der Waals surface area (Å²) in [7, 11) is 6.89. The average Bonchev–Trinajstić information content (AvgIpc) is 2.87. The molecule has 0 N–H and O–H groups in total. The van der Waals surface area contributed by atoms with E-state index in [-0.39, 0.29) is 0 Å². The first kappa shape index (κ1) is 41.9. The first-order valence-corrected chi connectivity index (χ1v) is 15.7. The smallest absolute Gasteiger partial charge is 0.0110 e. The van der Waals surface area contributed by atoms with Gasteiger partial charge in [0.15, 0.2) is 0 Å². The van der Waals surface area contributed by atoms with Crippen LogP contribution in [0.5, 0.6) is 0 Å². The molecule has 0 saturated heterocycles. The lowest BCUT2D eigenvalue weighted by Crippen LogP contribution is -2.42. The Hall–Kier alpha value is -0.160. The zero-order valence-corrected chi connectivity index (χ0v) is 27.4. The van der Waals surface area contributed by atoms with Gasteiger partial charge in [-0.2, -0.15) is 0 Å². The van der Waals surface area contributed by atoms with Crippen LogP contribution in [0.1, 0.15) is 121 Å². The third-order valence-electron chi connectivity index (χ3n) is 6.00. The molecule has 0 saturated carbocycles. The Morgan fingerprint density at radius 3 is 1.03 bits per heavy atom. The van der Waals surface area contributed by atoms with Crippen LogP contribution in [-0.2, 0) is 0 Å². The number of hydrogen-bond acceptors (Lipinski definition) is 4. The molecule has 0 rings (SSSR count). The molecule has 0 unspecified atom stereocenters. The van der Waals surface area contributed by atoms with E-state index in [1.54, 1.807) is 0 Å². The van der Waals surface area contributed by atoms with Crippen molar-refractivity contribution in [2.75, 3.05) is 80.0 Å². The van der Waals surface area contributed by atoms with E-state index in [2.05, 4.69) is 68.4 Å². The molecule has 0 heterocycles. The van der Waals surface area contributed by atoms with Gasteiger partial charge >= 0.3 is 0 Å². The van der Waals surface area contributed by atoms with Crippen LogP contribution in [0, 0.1) is 5.92 Å². The molecule has 0 aromatic carbocycles. The van der Waals surface area contributed by atoms with E-state index in [1.165, 1.54) is 110 Å². The Labute approximate surface area is 226 Å². The van der Waals surface area contributed by atoms with Crippen LogP contribution in [-0.4, -0.2) is 99.6 Å². The molecule has 4 heteroatoms. The highest BCUT2D eigenvalue weighted by Gasteiger charge is 2.10. The molecule has 35 heavy (non-hydrogen) atoms. The SMILES string of the molecule is CC.CC.CC.CCCCCN(C)CCN(CCN(C)CCCCC)CCN(C)CCCC(C)C. The summed E-state index contributed by atoms with van der Waals surface area (Å²) >= 11 is 0. The second kappa shape index (κ2) is 36.0. The van der Waals surface area contributed by atoms with Gasteiger partial charge in [-0.1, -0.05) is 94.9 Å². The van der Waals surface area contributed by atoms with Gasteiger partial charge in [-0.15, -0.1) is 0 Å². The van der Waals surface area contributed by atoms with Crippen molar-refractivity contribution in [3.05, 3.63) is 0 Å². The Morgan fingerprint density at radius 1 is 0.429 bits per heavy atom. The summed E-state index contributed by atoms with van der Waals surface area (Å²) in [5.74, 6) is 0.825. The Morgan fingerprint density at radius 2 is 0.743 bits per heavy atom. The largest absolute Gasteiger partial charge is 0.305 e. The van der Waals surface area contributed by atoms with E-state index < -0.39 is 0 Å². The highest BCUT2D eigenvalue weighted by molar-refractivity contribution is 4.66. The fourth-order valence-corrected chi connectivity index (χ4v) is 3.64. The van der Waals surface area contributed by atoms with Crippen molar-refractivity contribution < 1.29 is 0 Å². The van der Waals surface area contributed by atoms with Crippen LogP contribution in [0.3, 0.4) is 0 Å². The highest BCUT2D eigenvalue weighted by Crippen LogP contribution is 2.04. The summed E-state index contributed by atoms with van der Waals surface area (Å²) in [6.07, 6.45) is 10.7. The van der Waals surface area contributed by atoms with Crippen molar-refractivity contribution in [2.24, 2.45) is 5.92 Å². The monoisotopic (exact) mass is 503 g/mol. The molecule has 0 spiro atoms. The Balaban J connectivity index is -0.000000737. The molecule has 0 amide bonds. The van der Waals surface area contributed by atoms with Gasteiger partial charge in [0, 0.05) is 39.3 Å². The van der Waals surface area contributed by atoms with Crippen LogP contribution < -0.4 is 0 Å². The van der Waals surface area contributed by atoms with Crippen molar-refractivity contribution in [1.29, 1.82) is 0 Å². The van der Waals surface area contributed by atoms with Gasteiger partial charge < -0.3 is 14.7 Å². The second-order valence-corrected chi connectivity index (χ2v) is 9.70. The summed E-state index contributed by atoms with van der Waals surface area (Å²) in [6, 6.07) is 0. The molecular weight excluding hydrogens is 428 g/mol.